The van der Waals surface area contributed by atoms with Crippen LogP contribution in [0.3, 0.4) is 0 Å². The van der Waals surface area contributed by atoms with E-state index < -0.39 is 0 Å². The zero-order valence-electron chi connectivity index (χ0n) is 10.0. The van der Waals surface area contributed by atoms with Crippen molar-refractivity contribution in [1.82, 2.24) is 14.3 Å². The van der Waals surface area contributed by atoms with Crippen molar-refractivity contribution < 1.29 is 9.21 Å². The smallest absolute Gasteiger partial charge is 0.272 e. The molecule has 18 heavy (non-hydrogen) atoms. The number of amides is 1. The van der Waals surface area contributed by atoms with Gasteiger partial charge in [-0.25, -0.2) is 0 Å². The van der Waals surface area contributed by atoms with E-state index in [2.05, 4.69) is 10.4 Å². The molecule has 0 radical (unpaired) electrons. The molecular weight excluding hydrogens is 232 g/mol. The average molecular weight is 244 g/mol. The summed E-state index contributed by atoms with van der Waals surface area (Å²) in [6.07, 6.45) is 4.95. The van der Waals surface area contributed by atoms with Crippen LogP contribution in [0.1, 0.15) is 10.5 Å². The number of aryl methyl sites for hydroxylation is 2. The van der Waals surface area contributed by atoms with E-state index in [0.717, 1.165) is 5.52 Å². The van der Waals surface area contributed by atoms with Gasteiger partial charge < -0.3 is 14.3 Å². The van der Waals surface area contributed by atoms with Crippen molar-refractivity contribution in [2.24, 2.45) is 14.1 Å². The van der Waals surface area contributed by atoms with E-state index in [1.54, 1.807) is 41.0 Å². The third-order valence-electron chi connectivity index (χ3n) is 2.86. The lowest BCUT2D eigenvalue weighted by Gasteiger charge is -2.03. The number of carbonyl (C=O) groups excluding carboxylic acids is 1. The molecular formula is C12H12N4O2. The van der Waals surface area contributed by atoms with Gasteiger partial charge in [-0.1, -0.05) is 0 Å². The Bertz CT molecular complexity index is 719. The van der Waals surface area contributed by atoms with Crippen LogP contribution < -0.4 is 5.32 Å². The monoisotopic (exact) mass is 244 g/mol. The molecule has 6 nitrogen and oxygen atoms in total. The van der Waals surface area contributed by atoms with Gasteiger partial charge >= 0.3 is 0 Å². The molecule has 0 saturated carbocycles. The minimum absolute atomic E-state index is 0.183. The normalized spacial score (nSPS) is 11.0. The van der Waals surface area contributed by atoms with Crippen molar-refractivity contribution in [3.8, 4) is 0 Å². The van der Waals surface area contributed by atoms with Crippen molar-refractivity contribution >= 4 is 22.7 Å². The first kappa shape index (κ1) is 10.6. The third kappa shape index (κ3) is 1.58. The summed E-state index contributed by atoms with van der Waals surface area (Å²) in [5.74, 6) is -0.183. The quantitative estimate of drug-likeness (QED) is 0.747. The van der Waals surface area contributed by atoms with Crippen molar-refractivity contribution in [3.63, 3.8) is 0 Å². The summed E-state index contributed by atoms with van der Waals surface area (Å²) >= 11 is 0. The van der Waals surface area contributed by atoms with Crippen LogP contribution in [0.4, 0.5) is 5.69 Å². The maximum absolute atomic E-state index is 12.1. The second-order valence-corrected chi connectivity index (χ2v) is 4.12. The van der Waals surface area contributed by atoms with E-state index in [1.165, 1.54) is 0 Å². The molecule has 0 aromatic carbocycles. The fourth-order valence-corrected chi connectivity index (χ4v) is 1.95. The standard InChI is InChI=1S/C12H12N4O2/c1-15-7-8(6-13-15)14-12(17)10-5-11-9(16(10)2)3-4-18-11/h3-7H,1-2H3,(H,14,17). The number of furan rings is 1. The first-order valence-electron chi connectivity index (χ1n) is 5.48. The summed E-state index contributed by atoms with van der Waals surface area (Å²) in [6, 6.07) is 3.55. The molecule has 3 heterocycles. The van der Waals surface area contributed by atoms with Crippen LogP contribution in [-0.4, -0.2) is 20.3 Å². The van der Waals surface area contributed by atoms with Gasteiger partial charge in [0.05, 0.1) is 23.7 Å². The van der Waals surface area contributed by atoms with Crippen molar-refractivity contribution in [2.75, 3.05) is 5.32 Å². The molecule has 3 rings (SSSR count). The number of nitrogens with one attached hydrogen (secondary N) is 1. The molecule has 92 valence electrons. The highest BCUT2D eigenvalue weighted by atomic mass is 16.3. The molecule has 0 aliphatic rings. The van der Waals surface area contributed by atoms with E-state index in [0.29, 0.717) is 17.0 Å². The summed E-state index contributed by atoms with van der Waals surface area (Å²) in [5.41, 5.74) is 2.81. The molecule has 0 aliphatic heterocycles. The number of rotatable bonds is 2. The molecule has 1 N–H and O–H groups in total. The van der Waals surface area contributed by atoms with Gasteiger partial charge in [0.2, 0.25) is 0 Å². The van der Waals surface area contributed by atoms with Gasteiger partial charge in [0.25, 0.3) is 5.91 Å². The Kier molecular flexibility index (Phi) is 2.22. The average Bonchev–Trinajstić information content (AvgIpc) is 2.98. The van der Waals surface area contributed by atoms with Gasteiger partial charge in [0, 0.05) is 32.4 Å². The topological polar surface area (TPSA) is 65.0 Å². The van der Waals surface area contributed by atoms with Gasteiger partial charge in [-0.05, 0) is 0 Å². The van der Waals surface area contributed by atoms with E-state index in [9.17, 15) is 4.79 Å². The zero-order valence-corrected chi connectivity index (χ0v) is 10.0. The molecule has 0 unspecified atom stereocenters. The maximum atomic E-state index is 12.1. The first-order chi connectivity index (χ1) is 8.65. The van der Waals surface area contributed by atoms with Crippen molar-refractivity contribution in [3.05, 3.63) is 36.5 Å². The van der Waals surface area contributed by atoms with Crippen LogP contribution in [-0.2, 0) is 14.1 Å². The molecule has 0 aliphatic carbocycles. The Balaban J connectivity index is 1.92. The summed E-state index contributed by atoms with van der Waals surface area (Å²) in [6.45, 7) is 0. The fraction of sp³-hybridized carbons (Fsp3) is 0.167. The summed E-state index contributed by atoms with van der Waals surface area (Å²) in [7, 11) is 3.63. The van der Waals surface area contributed by atoms with E-state index >= 15 is 0 Å². The van der Waals surface area contributed by atoms with Gasteiger partial charge in [0.15, 0.2) is 5.58 Å². The Morgan fingerprint density at radius 1 is 1.44 bits per heavy atom. The van der Waals surface area contributed by atoms with Gasteiger partial charge in [0.1, 0.15) is 5.69 Å². The van der Waals surface area contributed by atoms with Gasteiger partial charge in [-0.2, -0.15) is 5.10 Å². The SMILES string of the molecule is Cn1cc(NC(=O)c2cc3occc3n2C)cn1. The predicted molar refractivity (Wildman–Crippen MR) is 66.3 cm³/mol. The zero-order chi connectivity index (χ0) is 12.7. The van der Waals surface area contributed by atoms with E-state index in [1.807, 2.05) is 13.1 Å². The largest absolute Gasteiger partial charge is 0.463 e. The number of anilines is 1. The number of hydrogen-bond donors (Lipinski definition) is 1. The van der Waals surface area contributed by atoms with Gasteiger partial charge in [-0.3, -0.25) is 9.48 Å². The van der Waals surface area contributed by atoms with Gasteiger partial charge in [-0.15, -0.1) is 0 Å². The summed E-state index contributed by atoms with van der Waals surface area (Å²) in [4.78, 5) is 12.1. The Hall–Kier alpha value is -2.50. The van der Waals surface area contributed by atoms with Crippen LogP contribution in [0.5, 0.6) is 0 Å². The molecule has 3 aromatic rings. The lowest BCUT2D eigenvalue weighted by Crippen LogP contribution is -2.15. The van der Waals surface area contributed by atoms with E-state index in [-0.39, 0.29) is 5.91 Å². The molecule has 1 amide bonds. The number of aromatic nitrogens is 3. The number of hydrogen-bond acceptors (Lipinski definition) is 3. The predicted octanol–water partition coefficient (Wildman–Crippen LogP) is 1.76. The number of nitrogens with zero attached hydrogens (tertiary/aromatic N) is 3. The summed E-state index contributed by atoms with van der Waals surface area (Å²) < 4.78 is 8.69. The third-order valence-corrected chi connectivity index (χ3v) is 2.86. The molecule has 0 fully saturated rings. The lowest BCUT2D eigenvalue weighted by molar-refractivity contribution is 0.101. The van der Waals surface area contributed by atoms with Crippen LogP contribution in [0.2, 0.25) is 0 Å². The van der Waals surface area contributed by atoms with Crippen LogP contribution >= 0.6 is 0 Å². The van der Waals surface area contributed by atoms with Crippen LogP contribution in [0.15, 0.2) is 35.2 Å². The molecule has 0 atom stereocenters. The Morgan fingerprint density at radius 2 is 2.28 bits per heavy atom. The molecule has 0 spiro atoms. The minimum atomic E-state index is -0.183. The highest BCUT2D eigenvalue weighted by Gasteiger charge is 2.15. The minimum Gasteiger partial charge on any atom is -0.463 e. The van der Waals surface area contributed by atoms with Crippen LogP contribution in [0.25, 0.3) is 11.1 Å². The Morgan fingerprint density at radius 3 is 2.94 bits per heavy atom. The highest BCUT2D eigenvalue weighted by molar-refractivity contribution is 6.05. The number of fused-ring (bicyclic) bond motifs is 1. The Labute approximate surface area is 103 Å². The van der Waals surface area contributed by atoms with Crippen molar-refractivity contribution in [1.29, 1.82) is 0 Å². The first-order valence-corrected chi connectivity index (χ1v) is 5.48. The molecule has 0 bridgehead atoms. The highest BCUT2D eigenvalue weighted by Crippen LogP contribution is 2.20. The summed E-state index contributed by atoms with van der Waals surface area (Å²) in [5, 5.41) is 6.78. The van der Waals surface area contributed by atoms with Crippen molar-refractivity contribution in [2.45, 2.75) is 0 Å². The lowest BCUT2D eigenvalue weighted by atomic mass is 10.4. The fourth-order valence-electron chi connectivity index (χ4n) is 1.95. The van der Waals surface area contributed by atoms with E-state index in [4.69, 9.17) is 4.42 Å². The molecule has 0 saturated heterocycles. The molecule has 3 aromatic heterocycles. The van der Waals surface area contributed by atoms with Crippen LogP contribution in [0, 0.1) is 0 Å². The second kappa shape index (κ2) is 3.76. The molecule has 6 heteroatoms. The maximum Gasteiger partial charge on any atom is 0.272 e. The second-order valence-electron chi connectivity index (χ2n) is 4.12. The number of carbonyl (C=O) groups is 1.